The zero-order valence-corrected chi connectivity index (χ0v) is 17.3. The Hall–Kier alpha value is -2.23. The van der Waals surface area contributed by atoms with Gasteiger partial charge in [-0.2, -0.15) is 9.40 Å². The summed E-state index contributed by atoms with van der Waals surface area (Å²) in [5.41, 5.74) is 2.19. The standard InChI is InChI=1S/C19H21FN4O2S2/c1-13-11-16(22-21-13)18-12-19(14(2)27-18)28(25,26)24-9-7-23(8-10-24)17-6-4-3-5-15(17)20/h3-6,11-12H,7-10H2,1-2H3,(H,21,22). The van der Waals surface area contributed by atoms with Gasteiger partial charge in [-0.1, -0.05) is 12.1 Å². The van der Waals surface area contributed by atoms with Gasteiger partial charge in [-0.3, -0.25) is 5.10 Å². The quantitative estimate of drug-likeness (QED) is 0.702. The molecule has 1 saturated heterocycles. The van der Waals surface area contributed by atoms with Crippen LogP contribution in [0.4, 0.5) is 10.1 Å². The van der Waals surface area contributed by atoms with Crippen LogP contribution in [0.15, 0.2) is 41.3 Å². The highest BCUT2D eigenvalue weighted by atomic mass is 32.2. The van der Waals surface area contributed by atoms with Crippen molar-refractivity contribution < 1.29 is 12.8 Å². The summed E-state index contributed by atoms with van der Waals surface area (Å²) in [5.74, 6) is -0.286. The average Bonchev–Trinajstić information content (AvgIpc) is 3.28. The van der Waals surface area contributed by atoms with E-state index in [2.05, 4.69) is 10.2 Å². The highest BCUT2D eigenvalue weighted by Gasteiger charge is 2.31. The monoisotopic (exact) mass is 420 g/mol. The highest BCUT2D eigenvalue weighted by molar-refractivity contribution is 7.89. The molecule has 9 heteroatoms. The number of nitrogens with one attached hydrogen (secondary N) is 1. The molecule has 6 nitrogen and oxygen atoms in total. The summed E-state index contributed by atoms with van der Waals surface area (Å²) in [6.45, 7) is 5.27. The molecular weight excluding hydrogens is 399 g/mol. The van der Waals surface area contributed by atoms with Crippen LogP contribution in [0.3, 0.4) is 0 Å². The van der Waals surface area contributed by atoms with Gasteiger partial charge in [0.1, 0.15) is 11.5 Å². The van der Waals surface area contributed by atoms with Crippen molar-refractivity contribution in [3.05, 3.63) is 52.8 Å². The van der Waals surface area contributed by atoms with Gasteiger partial charge in [0, 0.05) is 36.8 Å². The molecule has 0 atom stereocenters. The molecule has 0 spiro atoms. The van der Waals surface area contributed by atoms with E-state index in [-0.39, 0.29) is 5.82 Å². The summed E-state index contributed by atoms with van der Waals surface area (Å²) in [6, 6.07) is 10.2. The van der Waals surface area contributed by atoms with Crippen molar-refractivity contribution in [3.8, 4) is 10.6 Å². The number of anilines is 1. The van der Waals surface area contributed by atoms with E-state index in [0.717, 1.165) is 21.1 Å². The van der Waals surface area contributed by atoms with E-state index in [9.17, 15) is 12.8 Å². The summed E-state index contributed by atoms with van der Waals surface area (Å²) in [7, 11) is -3.60. The van der Waals surface area contributed by atoms with E-state index in [0.29, 0.717) is 36.8 Å². The van der Waals surface area contributed by atoms with Gasteiger partial charge in [-0.15, -0.1) is 11.3 Å². The molecule has 1 fully saturated rings. The summed E-state index contributed by atoms with van der Waals surface area (Å²) in [5, 5.41) is 7.11. The minimum absolute atomic E-state index is 0.286. The van der Waals surface area contributed by atoms with Gasteiger partial charge in [-0.25, -0.2) is 12.8 Å². The molecule has 28 heavy (non-hydrogen) atoms. The van der Waals surface area contributed by atoms with E-state index in [1.807, 2.05) is 24.8 Å². The van der Waals surface area contributed by atoms with Gasteiger partial charge < -0.3 is 4.90 Å². The number of halogens is 1. The van der Waals surface area contributed by atoms with Crippen LogP contribution < -0.4 is 4.90 Å². The largest absolute Gasteiger partial charge is 0.367 e. The molecule has 0 radical (unpaired) electrons. The highest BCUT2D eigenvalue weighted by Crippen LogP contribution is 2.34. The SMILES string of the molecule is Cc1cc(-c2cc(S(=O)(=O)N3CCN(c4ccccc4F)CC3)c(C)s2)n[nH]1. The van der Waals surface area contributed by atoms with E-state index in [1.165, 1.54) is 21.7 Å². The molecule has 1 aliphatic rings. The van der Waals surface area contributed by atoms with Crippen molar-refractivity contribution in [1.29, 1.82) is 0 Å². The third-order valence-corrected chi connectivity index (χ3v) is 8.11. The van der Waals surface area contributed by atoms with Crippen molar-refractivity contribution in [2.24, 2.45) is 0 Å². The number of hydrogen-bond donors (Lipinski definition) is 1. The molecule has 0 amide bonds. The lowest BCUT2D eigenvalue weighted by atomic mass is 10.2. The van der Waals surface area contributed by atoms with E-state index in [1.54, 1.807) is 24.3 Å². The number of para-hydroxylation sites is 1. The molecule has 0 aliphatic carbocycles. The minimum atomic E-state index is -3.60. The number of aromatic amines is 1. The second kappa shape index (κ2) is 7.31. The molecule has 1 aromatic carbocycles. The van der Waals surface area contributed by atoms with Gasteiger partial charge in [0.15, 0.2) is 0 Å². The van der Waals surface area contributed by atoms with Crippen molar-refractivity contribution in [3.63, 3.8) is 0 Å². The van der Waals surface area contributed by atoms with Crippen LogP contribution in [0, 0.1) is 19.7 Å². The van der Waals surface area contributed by atoms with Gasteiger partial charge in [-0.05, 0) is 38.1 Å². The normalized spacial score (nSPS) is 15.9. The lowest BCUT2D eigenvalue weighted by Crippen LogP contribution is -2.48. The number of hydrogen-bond acceptors (Lipinski definition) is 5. The molecule has 148 valence electrons. The molecule has 1 N–H and O–H groups in total. The number of thiophene rings is 1. The Kier molecular flexibility index (Phi) is 4.98. The summed E-state index contributed by atoms with van der Waals surface area (Å²) < 4.78 is 41.9. The van der Waals surface area contributed by atoms with Crippen LogP contribution in [0.25, 0.3) is 10.6 Å². The Labute approximate surface area is 167 Å². The first-order valence-electron chi connectivity index (χ1n) is 8.99. The molecule has 0 unspecified atom stereocenters. The predicted molar refractivity (Wildman–Crippen MR) is 109 cm³/mol. The molecule has 3 aromatic rings. The molecular formula is C19H21FN4O2S2. The number of nitrogens with zero attached hydrogens (tertiary/aromatic N) is 3. The van der Waals surface area contributed by atoms with Crippen LogP contribution in [0.2, 0.25) is 0 Å². The fourth-order valence-corrected chi connectivity index (χ4v) is 6.35. The van der Waals surface area contributed by atoms with Crippen molar-refractivity contribution in [2.75, 3.05) is 31.1 Å². The predicted octanol–water partition coefficient (Wildman–Crippen LogP) is 3.41. The molecule has 3 heterocycles. The Morgan fingerprint density at radius 2 is 1.82 bits per heavy atom. The fraction of sp³-hybridized carbons (Fsp3) is 0.316. The van der Waals surface area contributed by atoms with Gasteiger partial charge >= 0.3 is 0 Å². The first-order chi connectivity index (χ1) is 13.4. The van der Waals surface area contributed by atoms with Crippen molar-refractivity contribution >= 4 is 27.0 Å². The zero-order valence-electron chi connectivity index (χ0n) is 15.6. The molecule has 2 aromatic heterocycles. The van der Waals surface area contributed by atoms with E-state index < -0.39 is 10.0 Å². The van der Waals surface area contributed by atoms with Crippen LogP contribution in [0.5, 0.6) is 0 Å². The third kappa shape index (κ3) is 3.45. The first kappa shape index (κ1) is 19.1. The third-order valence-electron chi connectivity index (χ3n) is 4.88. The van der Waals surface area contributed by atoms with Crippen LogP contribution in [-0.4, -0.2) is 49.1 Å². The number of rotatable bonds is 4. The zero-order chi connectivity index (χ0) is 19.9. The minimum Gasteiger partial charge on any atom is -0.367 e. The first-order valence-corrected chi connectivity index (χ1v) is 11.2. The number of aromatic nitrogens is 2. The summed E-state index contributed by atoms with van der Waals surface area (Å²) >= 11 is 1.42. The number of H-pyrrole nitrogens is 1. The van der Waals surface area contributed by atoms with Gasteiger partial charge in [0.05, 0.1) is 15.5 Å². The summed E-state index contributed by atoms with van der Waals surface area (Å²) in [4.78, 5) is 3.78. The fourth-order valence-electron chi connectivity index (χ4n) is 3.41. The van der Waals surface area contributed by atoms with Crippen LogP contribution in [0.1, 0.15) is 10.6 Å². The Morgan fingerprint density at radius 1 is 1.11 bits per heavy atom. The van der Waals surface area contributed by atoms with Crippen LogP contribution in [-0.2, 0) is 10.0 Å². The lowest BCUT2D eigenvalue weighted by molar-refractivity contribution is 0.383. The number of benzene rings is 1. The molecule has 4 rings (SSSR count). The average molecular weight is 421 g/mol. The molecule has 0 bridgehead atoms. The van der Waals surface area contributed by atoms with E-state index >= 15 is 0 Å². The van der Waals surface area contributed by atoms with E-state index in [4.69, 9.17) is 0 Å². The Morgan fingerprint density at radius 3 is 2.46 bits per heavy atom. The second-order valence-electron chi connectivity index (χ2n) is 6.81. The number of aryl methyl sites for hydroxylation is 2. The van der Waals surface area contributed by atoms with Crippen molar-refractivity contribution in [2.45, 2.75) is 18.7 Å². The maximum Gasteiger partial charge on any atom is 0.244 e. The number of sulfonamides is 1. The van der Waals surface area contributed by atoms with Crippen molar-refractivity contribution in [1.82, 2.24) is 14.5 Å². The number of piperazine rings is 1. The summed E-state index contributed by atoms with van der Waals surface area (Å²) in [6.07, 6.45) is 0. The smallest absolute Gasteiger partial charge is 0.244 e. The van der Waals surface area contributed by atoms with Crippen LogP contribution >= 0.6 is 11.3 Å². The second-order valence-corrected chi connectivity index (χ2v) is 9.97. The Bertz CT molecular complexity index is 1100. The topological polar surface area (TPSA) is 69.3 Å². The lowest BCUT2D eigenvalue weighted by Gasteiger charge is -2.35. The maximum atomic E-state index is 14.0. The molecule has 0 saturated carbocycles. The Balaban J connectivity index is 1.54. The van der Waals surface area contributed by atoms with Gasteiger partial charge in [0.25, 0.3) is 0 Å². The maximum absolute atomic E-state index is 14.0. The molecule has 1 aliphatic heterocycles. The van der Waals surface area contributed by atoms with Gasteiger partial charge in [0.2, 0.25) is 10.0 Å².